The largest absolute Gasteiger partial charge is 0.383 e. The molecule has 0 saturated carbocycles. The molecule has 4 rings (SSSR count). The van der Waals surface area contributed by atoms with Gasteiger partial charge in [-0.2, -0.15) is 0 Å². The van der Waals surface area contributed by atoms with Crippen LogP contribution in [0.25, 0.3) is 22.0 Å². The Morgan fingerprint density at radius 1 is 1.12 bits per heavy atom. The molecule has 3 nitrogen and oxygen atoms in total. The molecule has 24 heavy (non-hydrogen) atoms. The summed E-state index contributed by atoms with van der Waals surface area (Å²) in [6, 6.07) is 14.4. The number of benzene rings is 2. The third-order valence-corrected chi connectivity index (χ3v) is 4.98. The van der Waals surface area contributed by atoms with Crippen LogP contribution in [-0.4, -0.2) is 24.7 Å². The molecular formula is C20H21ClN2O. The highest BCUT2D eigenvalue weighted by molar-refractivity contribution is 6.32. The smallest absolute Gasteiger partial charge is 0.0697 e. The van der Waals surface area contributed by atoms with Crippen LogP contribution in [0.3, 0.4) is 0 Å². The van der Waals surface area contributed by atoms with Gasteiger partial charge in [-0.05, 0) is 36.5 Å². The van der Waals surface area contributed by atoms with E-state index in [1.165, 1.54) is 11.1 Å². The molecular weight excluding hydrogens is 320 g/mol. The first kappa shape index (κ1) is 15.6. The van der Waals surface area contributed by atoms with E-state index < -0.39 is 0 Å². The minimum Gasteiger partial charge on any atom is -0.383 e. The summed E-state index contributed by atoms with van der Waals surface area (Å²) in [6.07, 6.45) is 4.31. The summed E-state index contributed by atoms with van der Waals surface area (Å²) in [5.41, 5.74) is 4.57. The van der Waals surface area contributed by atoms with E-state index in [1.54, 1.807) is 0 Å². The van der Waals surface area contributed by atoms with Crippen LogP contribution < -0.4 is 5.32 Å². The number of aromatic nitrogens is 1. The number of halogens is 1. The molecule has 0 spiro atoms. The SMILES string of the molecule is Clc1cc(NCC2CCOCC2)c2[nH]cc(-c3ccccc3)c2c1. The Bertz CT molecular complexity index is 822. The van der Waals surface area contributed by atoms with Crippen molar-refractivity contribution in [3.05, 3.63) is 53.7 Å². The van der Waals surface area contributed by atoms with Crippen molar-refractivity contribution < 1.29 is 4.74 Å². The topological polar surface area (TPSA) is 37.0 Å². The summed E-state index contributed by atoms with van der Waals surface area (Å²) in [4.78, 5) is 3.42. The van der Waals surface area contributed by atoms with E-state index >= 15 is 0 Å². The van der Waals surface area contributed by atoms with Crippen LogP contribution in [0.5, 0.6) is 0 Å². The average molecular weight is 341 g/mol. The molecule has 0 unspecified atom stereocenters. The highest BCUT2D eigenvalue weighted by atomic mass is 35.5. The van der Waals surface area contributed by atoms with E-state index in [4.69, 9.17) is 16.3 Å². The second kappa shape index (κ2) is 6.88. The molecule has 1 fully saturated rings. The number of nitrogens with one attached hydrogen (secondary N) is 2. The summed E-state index contributed by atoms with van der Waals surface area (Å²) in [6.45, 7) is 2.70. The van der Waals surface area contributed by atoms with Crippen molar-refractivity contribution in [3.8, 4) is 11.1 Å². The normalized spacial score (nSPS) is 15.7. The first-order valence-corrected chi connectivity index (χ1v) is 8.87. The standard InChI is InChI=1S/C20H21ClN2O/c21-16-10-17-18(15-4-2-1-3-5-15)13-23-20(17)19(11-16)22-12-14-6-8-24-9-7-14/h1-5,10-11,13-14,22-23H,6-9,12H2. The molecule has 0 atom stereocenters. The Morgan fingerprint density at radius 3 is 2.71 bits per heavy atom. The van der Waals surface area contributed by atoms with Crippen molar-refractivity contribution in [2.24, 2.45) is 5.92 Å². The third-order valence-electron chi connectivity index (χ3n) is 4.76. The minimum atomic E-state index is 0.663. The van der Waals surface area contributed by atoms with Gasteiger partial charge in [0.25, 0.3) is 0 Å². The van der Waals surface area contributed by atoms with Gasteiger partial charge in [0.2, 0.25) is 0 Å². The maximum atomic E-state index is 6.39. The minimum absolute atomic E-state index is 0.663. The van der Waals surface area contributed by atoms with Crippen molar-refractivity contribution in [2.45, 2.75) is 12.8 Å². The molecule has 0 amide bonds. The van der Waals surface area contributed by atoms with Gasteiger partial charge in [-0.15, -0.1) is 0 Å². The lowest BCUT2D eigenvalue weighted by molar-refractivity contribution is 0.0699. The van der Waals surface area contributed by atoms with Crippen LogP contribution in [0.2, 0.25) is 5.02 Å². The monoisotopic (exact) mass is 340 g/mol. The number of hydrogen-bond donors (Lipinski definition) is 2. The Hall–Kier alpha value is -1.97. The summed E-state index contributed by atoms with van der Waals surface area (Å²) < 4.78 is 5.44. The molecule has 2 heterocycles. The Kier molecular flexibility index (Phi) is 4.46. The molecule has 0 bridgehead atoms. The lowest BCUT2D eigenvalue weighted by atomic mass is 10.00. The van der Waals surface area contributed by atoms with Gasteiger partial charge in [0.1, 0.15) is 0 Å². The molecule has 2 N–H and O–H groups in total. The Labute approximate surface area is 147 Å². The Balaban J connectivity index is 1.65. The number of anilines is 1. The van der Waals surface area contributed by atoms with E-state index in [-0.39, 0.29) is 0 Å². The summed E-state index contributed by atoms with van der Waals surface area (Å²) in [5.74, 6) is 0.663. The summed E-state index contributed by atoms with van der Waals surface area (Å²) in [7, 11) is 0. The molecule has 1 aliphatic heterocycles. The van der Waals surface area contributed by atoms with E-state index in [9.17, 15) is 0 Å². The van der Waals surface area contributed by atoms with E-state index in [0.717, 1.165) is 54.2 Å². The van der Waals surface area contributed by atoms with E-state index in [0.29, 0.717) is 5.92 Å². The predicted molar refractivity (Wildman–Crippen MR) is 101 cm³/mol. The third kappa shape index (κ3) is 3.14. The zero-order valence-electron chi connectivity index (χ0n) is 13.5. The van der Waals surface area contributed by atoms with E-state index in [1.807, 2.05) is 18.2 Å². The molecule has 2 aromatic carbocycles. The van der Waals surface area contributed by atoms with Gasteiger partial charge >= 0.3 is 0 Å². The van der Waals surface area contributed by atoms with Gasteiger partial charge in [0, 0.05) is 41.9 Å². The molecule has 3 aromatic rings. The van der Waals surface area contributed by atoms with Gasteiger partial charge in [0.05, 0.1) is 11.2 Å². The number of hydrogen-bond acceptors (Lipinski definition) is 2. The highest BCUT2D eigenvalue weighted by Crippen LogP contribution is 2.35. The van der Waals surface area contributed by atoms with Crippen molar-refractivity contribution in [2.75, 3.05) is 25.1 Å². The van der Waals surface area contributed by atoms with Crippen molar-refractivity contribution in [1.29, 1.82) is 0 Å². The maximum absolute atomic E-state index is 6.39. The molecule has 124 valence electrons. The van der Waals surface area contributed by atoms with Crippen LogP contribution in [-0.2, 0) is 4.74 Å². The van der Waals surface area contributed by atoms with Gasteiger partial charge in [-0.3, -0.25) is 0 Å². The number of rotatable bonds is 4. The Morgan fingerprint density at radius 2 is 1.92 bits per heavy atom. The van der Waals surface area contributed by atoms with Crippen molar-refractivity contribution >= 4 is 28.2 Å². The van der Waals surface area contributed by atoms with Gasteiger partial charge in [-0.1, -0.05) is 41.9 Å². The molecule has 0 radical (unpaired) electrons. The van der Waals surface area contributed by atoms with E-state index in [2.05, 4.69) is 40.8 Å². The average Bonchev–Trinajstić information content (AvgIpc) is 3.05. The molecule has 1 saturated heterocycles. The fraction of sp³-hybridized carbons (Fsp3) is 0.300. The van der Waals surface area contributed by atoms with Crippen LogP contribution >= 0.6 is 11.6 Å². The van der Waals surface area contributed by atoms with Crippen LogP contribution in [0.4, 0.5) is 5.69 Å². The molecule has 1 aliphatic rings. The highest BCUT2D eigenvalue weighted by Gasteiger charge is 2.15. The predicted octanol–water partition coefficient (Wildman–Crippen LogP) is 5.33. The zero-order chi connectivity index (χ0) is 16.4. The molecule has 4 heteroatoms. The fourth-order valence-electron chi connectivity index (χ4n) is 3.40. The van der Waals surface area contributed by atoms with Crippen LogP contribution in [0, 0.1) is 5.92 Å². The second-order valence-corrected chi connectivity index (χ2v) is 6.82. The summed E-state index contributed by atoms with van der Waals surface area (Å²) in [5, 5.41) is 5.51. The zero-order valence-corrected chi connectivity index (χ0v) is 14.3. The maximum Gasteiger partial charge on any atom is 0.0697 e. The van der Waals surface area contributed by atoms with Crippen molar-refractivity contribution in [3.63, 3.8) is 0 Å². The second-order valence-electron chi connectivity index (χ2n) is 6.38. The first-order chi connectivity index (χ1) is 11.8. The van der Waals surface area contributed by atoms with Crippen molar-refractivity contribution in [1.82, 2.24) is 4.98 Å². The van der Waals surface area contributed by atoms with Crippen LogP contribution in [0.15, 0.2) is 48.7 Å². The molecule has 0 aliphatic carbocycles. The van der Waals surface area contributed by atoms with Gasteiger partial charge < -0.3 is 15.0 Å². The fourth-order valence-corrected chi connectivity index (χ4v) is 3.62. The molecule has 1 aromatic heterocycles. The lowest BCUT2D eigenvalue weighted by Gasteiger charge is -2.23. The van der Waals surface area contributed by atoms with Gasteiger partial charge in [-0.25, -0.2) is 0 Å². The van der Waals surface area contributed by atoms with Crippen LogP contribution in [0.1, 0.15) is 12.8 Å². The van der Waals surface area contributed by atoms with Gasteiger partial charge in [0.15, 0.2) is 0 Å². The number of H-pyrrole nitrogens is 1. The number of aromatic amines is 1. The number of fused-ring (bicyclic) bond motifs is 1. The quantitative estimate of drug-likeness (QED) is 0.673. The first-order valence-electron chi connectivity index (χ1n) is 8.49. The summed E-state index contributed by atoms with van der Waals surface area (Å²) >= 11 is 6.39. The lowest BCUT2D eigenvalue weighted by Crippen LogP contribution is -2.22. The number of ether oxygens (including phenoxy) is 1.